The van der Waals surface area contributed by atoms with Crippen LogP contribution in [0.5, 0.6) is 0 Å². The van der Waals surface area contributed by atoms with Crippen molar-refractivity contribution in [1.29, 1.82) is 0 Å². The van der Waals surface area contributed by atoms with Gasteiger partial charge < -0.3 is 139 Å². The number of aliphatic hydroxyl groups is 17. The molecule has 17 N–H and O–H groups in total. The van der Waals surface area contributed by atoms with Gasteiger partial charge in [0.25, 0.3) is 0 Å². The van der Waals surface area contributed by atoms with Crippen LogP contribution in [-0.4, -0.2) is 298 Å². The van der Waals surface area contributed by atoms with Gasteiger partial charge >= 0.3 is 0 Å². The molecular weight excluding hydrogens is 1140 g/mol. The van der Waals surface area contributed by atoms with Crippen LogP contribution in [0, 0.1) is 52.3 Å². The van der Waals surface area contributed by atoms with Gasteiger partial charge in [0.05, 0.1) is 51.8 Å². The quantitative estimate of drug-likeness (QED) is 0.0568. The summed E-state index contributed by atoms with van der Waals surface area (Å²) in [5.74, 6) is -1.75. The van der Waals surface area contributed by atoms with Crippen molar-refractivity contribution in [3.05, 3.63) is 0 Å². The number of rotatable bonds is 18. The standard InChI is InChI=1S/C56H92O29/c1-20(18-75-49-43(71)39(67)36(64)29(14-57)78-49)7-10-56(74)21(2)34-28(85-56)12-26-24-6-5-22-11-23(8-9-54(22,3)25(24)13-33(62)55(26,34)4)77-51-45(73)41(69)46(32(17-60)81-51)82-53-48(84-52-44(72)40(68)37(65)30(15-58)79-52)47(38(66)31(16-59)80-53)83-50-42(70)35(63)27(61)19-76-50/h20-32,34-53,57-61,63-74H,5-19H2,1-4H3/t20-,21+,22+,23+,24-,25+,26+,27-,28+,29-,30-,31-,32-,34+,35+,36-,37+,38-,39+,40+,41-,42-,43-,44-,45-,46+,47+,48-,49-,50+,51-,52+,53+,54+,55-,56-/m1/s1. The second kappa shape index (κ2) is 26.3. The van der Waals surface area contributed by atoms with Gasteiger partial charge in [-0.1, -0.05) is 27.7 Å². The maximum atomic E-state index is 14.9. The maximum absolute atomic E-state index is 14.9. The van der Waals surface area contributed by atoms with E-state index in [9.17, 15) is 91.6 Å². The highest BCUT2D eigenvalue weighted by molar-refractivity contribution is 5.87. The molecule has 0 bridgehead atoms. The number of carbonyl (C=O) groups is 1. The van der Waals surface area contributed by atoms with Crippen LogP contribution in [0.3, 0.4) is 0 Å². The molecule has 10 rings (SSSR count). The van der Waals surface area contributed by atoms with E-state index in [2.05, 4.69) is 13.8 Å². The Hall–Kier alpha value is -1.45. The summed E-state index contributed by atoms with van der Waals surface area (Å²) < 4.78 is 65.6. The number of hydrogen-bond donors (Lipinski definition) is 17. The largest absolute Gasteiger partial charge is 0.394 e. The normalized spacial score (nSPS) is 54.9. The second-order valence-corrected chi connectivity index (χ2v) is 26.5. The number of aliphatic hydroxyl groups excluding tert-OH is 16. The van der Waals surface area contributed by atoms with Crippen molar-refractivity contribution in [2.24, 2.45) is 52.3 Å². The van der Waals surface area contributed by atoms with Gasteiger partial charge in [0.15, 0.2) is 37.2 Å². The van der Waals surface area contributed by atoms with Gasteiger partial charge in [-0.3, -0.25) is 4.79 Å². The Morgan fingerprint density at radius 2 is 1.13 bits per heavy atom. The topological polar surface area (TPSA) is 463 Å². The molecule has 0 amide bonds. The number of hydrogen-bond acceptors (Lipinski definition) is 29. The predicted octanol–water partition coefficient (Wildman–Crippen LogP) is -6.31. The maximum Gasteiger partial charge on any atom is 0.187 e. The molecule has 6 aliphatic heterocycles. The van der Waals surface area contributed by atoms with E-state index >= 15 is 0 Å². The highest BCUT2D eigenvalue weighted by Crippen LogP contribution is 2.70. The molecule has 36 atom stereocenters. The molecule has 4 saturated carbocycles. The van der Waals surface area contributed by atoms with Crippen molar-refractivity contribution in [2.75, 3.05) is 39.6 Å². The molecule has 0 unspecified atom stereocenters. The zero-order valence-corrected chi connectivity index (χ0v) is 48.2. The lowest BCUT2D eigenvalue weighted by molar-refractivity contribution is -0.404. The van der Waals surface area contributed by atoms with Crippen LogP contribution in [0.2, 0.25) is 0 Å². The molecule has 29 nitrogen and oxygen atoms in total. The van der Waals surface area contributed by atoms with E-state index in [1.54, 1.807) is 0 Å². The van der Waals surface area contributed by atoms with Gasteiger partial charge in [-0.25, -0.2) is 0 Å². The summed E-state index contributed by atoms with van der Waals surface area (Å²) in [6.45, 7) is 4.47. The SMILES string of the molecule is C[C@H](CC[C@@]1(O)O[C@H]2C[C@H]3[C@@H]4CC[C@H]5C[C@@H](O[C@@H]6O[C@H](CO)[C@H](O[C@@H]7O[C@H](CO)[C@@H](O)[C@H](O[C@@H]8OC[C@@H](O)[C@H](O)[C@H]8O)[C@H]7O[C@@H]7O[C@H](CO)[C@H](O)[C@H](O)[C@H]7O)[C@H](O)[C@H]6O)CC[C@]5(C)[C@H]4CC(=O)[C@]3(C)[C@H]2[C@@H]1C)CO[C@@H]1O[C@H](CO)[C@@H](O)[C@H](O)[C@H]1O. The average molecular weight is 1230 g/mol. The summed E-state index contributed by atoms with van der Waals surface area (Å²) in [5.41, 5.74) is -1.01. The number of ketones is 1. The Kier molecular flexibility index (Phi) is 20.5. The van der Waals surface area contributed by atoms with Crippen LogP contribution < -0.4 is 0 Å². The smallest absolute Gasteiger partial charge is 0.187 e. The van der Waals surface area contributed by atoms with Gasteiger partial charge in [0.1, 0.15) is 122 Å². The lowest BCUT2D eigenvalue weighted by Gasteiger charge is -2.60. The number of fused-ring (bicyclic) bond motifs is 7. The molecule has 4 aliphatic carbocycles. The van der Waals surface area contributed by atoms with Crippen molar-refractivity contribution >= 4 is 5.78 Å². The Morgan fingerprint density at radius 3 is 1.79 bits per heavy atom. The molecule has 0 aromatic rings. The Balaban J connectivity index is 0.769. The van der Waals surface area contributed by atoms with E-state index in [4.69, 9.17) is 52.1 Å². The molecule has 85 heavy (non-hydrogen) atoms. The first-order chi connectivity index (χ1) is 40.2. The fourth-order valence-corrected chi connectivity index (χ4v) is 16.5. The lowest BCUT2D eigenvalue weighted by Crippen LogP contribution is -2.68. The van der Waals surface area contributed by atoms with Crippen molar-refractivity contribution in [2.45, 2.75) is 251 Å². The molecule has 6 heterocycles. The third kappa shape index (κ3) is 12.1. The molecule has 10 fully saturated rings. The Morgan fingerprint density at radius 1 is 0.576 bits per heavy atom. The summed E-state index contributed by atoms with van der Waals surface area (Å²) in [6, 6.07) is 0. The summed E-state index contributed by atoms with van der Waals surface area (Å²) >= 11 is 0. The number of Topliss-reactive ketones (excluding diaryl/α,β-unsaturated/α-hetero) is 1. The molecule has 0 radical (unpaired) electrons. The van der Waals surface area contributed by atoms with Crippen LogP contribution in [0.4, 0.5) is 0 Å². The summed E-state index contributed by atoms with van der Waals surface area (Å²) in [7, 11) is 0. The van der Waals surface area contributed by atoms with Crippen LogP contribution in [0.15, 0.2) is 0 Å². The van der Waals surface area contributed by atoms with E-state index in [1.165, 1.54) is 0 Å². The Labute approximate surface area is 491 Å². The van der Waals surface area contributed by atoms with Gasteiger partial charge in [-0.05, 0) is 80.0 Å². The molecule has 490 valence electrons. The summed E-state index contributed by atoms with van der Waals surface area (Å²) in [4.78, 5) is 14.9. The highest BCUT2D eigenvalue weighted by Gasteiger charge is 2.71. The molecule has 0 aromatic carbocycles. The minimum atomic E-state index is -2.04. The molecule has 0 spiro atoms. The van der Waals surface area contributed by atoms with Crippen LogP contribution >= 0.6 is 0 Å². The molecule has 10 aliphatic rings. The Bertz CT molecular complexity index is 2220. The fourth-order valence-electron chi connectivity index (χ4n) is 16.5. The first kappa shape index (κ1) is 66.5. The van der Waals surface area contributed by atoms with Gasteiger partial charge in [0, 0.05) is 30.1 Å². The van der Waals surface area contributed by atoms with Gasteiger partial charge in [-0.15, -0.1) is 0 Å². The zero-order chi connectivity index (χ0) is 61.5. The minimum absolute atomic E-state index is 0.0191. The summed E-state index contributed by atoms with van der Waals surface area (Å²) in [5, 5.41) is 182. The number of carbonyl (C=O) groups excluding carboxylic acids is 1. The van der Waals surface area contributed by atoms with Crippen molar-refractivity contribution in [3.63, 3.8) is 0 Å². The molecular formula is C56H92O29. The van der Waals surface area contributed by atoms with Gasteiger partial charge in [0.2, 0.25) is 0 Å². The van der Waals surface area contributed by atoms with E-state index in [0.29, 0.717) is 38.5 Å². The van der Waals surface area contributed by atoms with Crippen molar-refractivity contribution < 1.29 is 144 Å². The number of ether oxygens (including phenoxy) is 11. The van der Waals surface area contributed by atoms with Crippen LogP contribution in [-0.2, 0) is 56.9 Å². The van der Waals surface area contributed by atoms with Gasteiger partial charge in [-0.2, -0.15) is 0 Å². The third-order valence-electron chi connectivity index (χ3n) is 21.7. The zero-order valence-electron chi connectivity index (χ0n) is 48.2. The van der Waals surface area contributed by atoms with E-state index in [1.807, 2.05) is 13.8 Å². The lowest BCUT2D eigenvalue weighted by atomic mass is 9.44. The third-order valence-corrected chi connectivity index (χ3v) is 21.7. The van der Waals surface area contributed by atoms with Crippen LogP contribution in [0.25, 0.3) is 0 Å². The van der Waals surface area contributed by atoms with E-state index in [-0.39, 0.29) is 71.8 Å². The second-order valence-electron chi connectivity index (χ2n) is 26.5. The first-order valence-electron chi connectivity index (χ1n) is 30.2. The average Bonchev–Trinajstić information content (AvgIpc) is 1.70. The van der Waals surface area contributed by atoms with Crippen LogP contribution in [0.1, 0.15) is 85.5 Å². The summed E-state index contributed by atoms with van der Waals surface area (Å²) in [6.07, 6.45) is -36.8. The minimum Gasteiger partial charge on any atom is -0.394 e. The molecule has 6 saturated heterocycles. The molecule has 0 aromatic heterocycles. The first-order valence-corrected chi connectivity index (χ1v) is 30.2. The van der Waals surface area contributed by atoms with E-state index < -0.39 is 198 Å². The van der Waals surface area contributed by atoms with Crippen molar-refractivity contribution in [1.82, 2.24) is 0 Å². The molecule has 29 heteroatoms. The monoisotopic (exact) mass is 1230 g/mol. The van der Waals surface area contributed by atoms with Crippen molar-refractivity contribution in [3.8, 4) is 0 Å². The fraction of sp³-hybridized carbons (Fsp3) is 0.982. The predicted molar refractivity (Wildman–Crippen MR) is 279 cm³/mol. The highest BCUT2D eigenvalue weighted by atomic mass is 16.8. The van der Waals surface area contributed by atoms with E-state index in [0.717, 1.165) is 12.8 Å².